The van der Waals surface area contributed by atoms with Crippen molar-refractivity contribution in [1.82, 2.24) is 10.0 Å². The molecule has 2 aromatic rings. The number of carbonyl (C=O) groups excluding carboxylic acids is 1. The number of aliphatic hydroxyl groups is 1. The Morgan fingerprint density at radius 1 is 1.00 bits per heavy atom. The van der Waals surface area contributed by atoms with Crippen molar-refractivity contribution >= 4 is 15.9 Å². The van der Waals surface area contributed by atoms with E-state index in [0.717, 1.165) is 5.56 Å². The molecule has 0 atom stereocenters. The van der Waals surface area contributed by atoms with Crippen LogP contribution in [-0.4, -0.2) is 32.6 Å². The van der Waals surface area contributed by atoms with Crippen LogP contribution >= 0.6 is 0 Å². The highest BCUT2D eigenvalue weighted by Gasteiger charge is 2.21. The number of aliphatic hydroxyl groups excluding tert-OH is 1. The molecular weight excluding hydrogens is 316 g/mol. The molecule has 0 radical (unpaired) electrons. The number of benzene rings is 2. The summed E-state index contributed by atoms with van der Waals surface area (Å²) in [6.07, 6.45) is 0. The second kappa shape index (κ2) is 7.87. The van der Waals surface area contributed by atoms with Gasteiger partial charge in [0, 0.05) is 13.1 Å². The Bertz CT molecular complexity index is 761. The van der Waals surface area contributed by atoms with Crippen LogP contribution in [0.3, 0.4) is 0 Å². The second-order valence-corrected chi connectivity index (χ2v) is 6.52. The smallest absolute Gasteiger partial charge is 0.252 e. The van der Waals surface area contributed by atoms with Crippen LogP contribution in [0, 0.1) is 0 Å². The van der Waals surface area contributed by atoms with Crippen LogP contribution in [0.25, 0.3) is 0 Å². The molecule has 23 heavy (non-hydrogen) atoms. The van der Waals surface area contributed by atoms with Gasteiger partial charge in [-0.2, -0.15) is 0 Å². The summed E-state index contributed by atoms with van der Waals surface area (Å²) >= 11 is 0. The predicted molar refractivity (Wildman–Crippen MR) is 86.3 cm³/mol. The van der Waals surface area contributed by atoms with Gasteiger partial charge >= 0.3 is 0 Å². The third-order valence-corrected chi connectivity index (χ3v) is 4.59. The molecule has 0 bridgehead atoms. The standard InChI is InChI=1S/C16H18N2O4S/c19-11-10-17-16(20)14-8-4-5-9-15(14)23(21,22)18-12-13-6-2-1-3-7-13/h1-9,18-19H,10-12H2,(H,17,20). The molecule has 3 N–H and O–H groups in total. The second-order valence-electron chi connectivity index (χ2n) is 4.79. The highest BCUT2D eigenvalue weighted by molar-refractivity contribution is 7.89. The van der Waals surface area contributed by atoms with Gasteiger partial charge < -0.3 is 10.4 Å². The molecule has 6 nitrogen and oxygen atoms in total. The van der Waals surface area contributed by atoms with Gasteiger partial charge in [0.1, 0.15) is 0 Å². The summed E-state index contributed by atoms with van der Waals surface area (Å²) in [6, 6.07) is 15.1. The van der Waals surface area contributed by atoms with E-state index in [2.05, 4.69) is 10.0 Å². The SMILES string of the molecule is O=C(NCCO)c1ccccc1S(=O)(=O)NCc1ccccc1. The topological polar surface area (TPSA) is 95.5 Å². The lowest BCUT2D eigenvalue weighted by Gasteiger charge is -2.11. The average Bonchev–Trinajstić information content (AvgIpc) is 2.59. The fourth-order valence-electron chi connectivity index (χ4n) is 2.01. The highest BCUT2D eigenvalue weighted by Crippen LogP contribution is 2.15. The van der Waals surface area contributed by atoms with Gasteiger partial charge in [-0.25, -0.2) is 13.1 Å². The molecule has 7 heteroatoms. The number of hydrogen-bond donors (Lipinski definition) is 3. The summed E-state index contributed by atoms with van der Waals surface area (Å²) in [6.45, 7) is -0.0205. The van der Waals surface area contributed by atoms with Gasteiger partial charge in [0.25, 0.3) is 5.91 Å². The molecule has 0 aliphatic carbocycles. The first-order chi connectivity index (χ1) is 11.0. The van der Waals surface area contributed by atoms with Crippen LogP contribution < -0.4 is 10.0 Å². The Morgan fingerprint density at radius 2 is 1.65 bits per heavy atom. The van der Waals surface area contributed by atoms with Crippen molar-refractivity contribution < 1.29 is 18.3 Å². The van der Waals surface area contributed by atoms with E-state index in [-0.39, 0.29) is 30.2 Å². The molecule has 0 unspecified atom stereocenters. The van der Waals surface area contributed by atoms with E-state index in [1.54, 1.807) is 12.1 Å². The van der Waals surface area contributed by atoms with Crippen molar-refractivity contribution in [1.29, 1.82) is 0 Å². The lowest BCUT2D eigenvalue weighted by Crippen LogP contribution is -2.30. The van der Waals surface area contributed by atoms with Crippen LogP contribution in [-0.2, 0) is 16.6 Å². The molecule has 0 aliphatic rings. The Kier molecular flexibility index (Phi) is 5.86. The van der Waals surface area contributed by atoms with Crippen molar-refractivity contribution in [3.8, 4) is 0 Å². The number of sulfonamides is 1. The lowest BCUT2D eigenvalue weighted by molar-refractivity contribution is 0.0941. The zero-order valence-electron chi connectivity index (χ0n) is 12.4. The summed E-state index contributed by atoms with van der Waals surface area (Å²) in [5.41, 5.74) is 0.861. The number of nitrogens with one attached hydrogen (secondary N) is 2. The van der Waals surface area contributed by atoms with Gasteiger partial charge in [0.05, 0.1) is 17.1 Å². The summed E-state index contributed by atoms with van der Waals surface area (Å²) < 4.78 is 27.4. The Morgan fingerprint density at radius 3 is 2.35 bits per heavy atom. The molecule has 0 saturated carbocycles. The molecular formula is C16H18N2O4S. The summed E-state index contributed by atoms with van der Waals surface area (Å²) in [7, 11) is -3.83. The molecule has 0 aromatic heterocycles. The Balaban J connectivity index is 2.21. The molecule has 0 heterocycles. The largest absolute Gasteiger partial charge is 0.395 e. The normalized spacial score (nSPS) is 11.2. The third kappa shape index (κ3) is 4.62. The van der Waals surface area contributed by atoms with Gasteiger partial charge in [0.2, 0.25) is 10.0 Å². The van der Waals surface area contributed by atoms with Crippen molar-refractivity contribution in [3.05, 3.63) is 65.7 Å². The molecule has 0 saturated heterocycles. The van der Waals surface area contributed by atoms with Crippen LogP contribution in [0.1, 0.15) is 15.9 Å². The average molecular weight is 334 g/mol. The first kappa shape index (κ1) is 17.1. The minimum atomic E-state index is -3.83. The highest BCUT2D eigenvalue weighted by atomic mass is 32.2. The monoisotopic (exact) mass is 334 g/mol. The third-order valence-electron chi connectivity index (χ3n) is 3.13. The van der Waals surface area contributed by atoms with E-state index in [1.807, 2.05) is 30.3 Å². The fraction of sp³-hybridized carbons (Fsp3) is 0.188. The summed E-state index contributed by atoms with van der Waals surface area (Å²) in [5.74, 6) is -0.542. The maximum Gasteiger partial charge on any atom is 0.252 e. The fourth-order valence-corrected chi connectivity index (χ4v) is 3.23. The minimum Gasteiger partial charge on any atom is -0.395 e. The molecule has 0 fully saturated rings. The Labute approximate surface area is 135 Å². The summed E-state index contributed by atoms with van der Waals surface area (Å²) in [4.78, 5) is 11.9. The maximum absolute atomic E-state index is 12.5. The zero-order chi connectivity index (χ0) is 16.7. The van der Waals surface area contributed by atoms with Crippen molar-refractivity contribution in [3.63, 3.8) is 0 Å². The quantitative estimate of drug-likeness (QED) is 0.701. The van der Waals surface area contributed by atoms with Crippen LogP contribution in [0.5, 0.6) is 0 Å². The van der Waals surface area contributed by atoms with Crippen LogP contribution in [0.15, 0.2) is 59.5 Å². The number of hydrogen-bond acceptors (Lipinski definition) is 4. The van der Waals surface area contributed by atoms with E-state index in [4.69, 9.17) is 5.11 Å². The maximum atomic E-state index is 12.5. The van der Waals surface area contributed by atoms with E-state index in [1.165, 1.54) is 12.1 Å². The van der Waals surface area contributed by atoms with Gasteiger partial charge in [0.15, 0.2) is 0 Å². The van der Waals surface area contributed by atoms with Crippen molar-refractivity contribution in [2.45, 2.75) is 11.4 Å². The Hall–Kier alpha value is -2.22. The predicted octanol–water partition coefficient (Wildman–Crippen LogP) is 0.887. The number of rotatable bonds is 7. The lowest BCUT2D eigenvalue weighted by atomic mass is 10.2. The van der Waals surface area contributed by atoms with E-state index in [9.17, 15) is 13.2 Å². The van der Waals surface area contributed by atoms with Gasteiger partial charge in [-0.05, 0) is 17.7 Å². The molecule has 2 rings (SSSR count). The molecule has 1 amide bonds. The minimum absolute atomic E-state index is 0.0431. The van der Waals surface area contributed by atoms with E-state index >= 15 is 0 Å². The zero-order valence-corrected chi connectivity index (χ0v) is 13.2. The summed E-state index contributed by atoms with van der Waals surface area (Å²) in [5, 5.41) is 11.2. The van der Waals surface area contributed by atoms with E-state index in [0.29, 0.717) is 0 Å². The first-order valence-corrected chi connectivity index (χ1v) is 8.54. The van der Waals surface area contributed by atoms with Gasteiger partial charge in [-0.15, -0.1) is 0 Å². The van der Waals surface area contributed by atoms with Gasteiger partial charge in [-0.3, -0.25) is 4.79 Å². The van der Waals surface area contributed by atoms with Crippen molar-refractivity contribution in [2.75, 3.05) is 13.2 Å². The van der Waals surface area contributed by atoms with Crippen LogP contribution in [0.4, 0.5) is 0 Å². The van der Waals surface area contributed by atoms with Gasteiger partial charge in [-0.1, -0.05) is 42.5 Å². The molecule has 0 aliphatic heterocycles. The number of amides is 1. The molecule has 0 spiro atoms. The number of carbonyl (C=O) groups is 1. The van der Waals surface area contributed by atoms with Crippen LogP contribution in [0.2, 0.25) is 0 Å². The molecule has 122 valence electrons. The van der Waals surface area contributed by atoms with Crippen molar-refractivity contribution in [2.24, 2.45) is 0 Å². The molecule has 2 aromatic carbocycles. The van der Waals surface area contributed by atoms with E-state index < -0.39 is 15.9 Å². The first-order valence-electron chi connectivity index (χ1n) is 7.06.